The van der Waals surface area contributed by atoms with E-state index in [9.17, 15) is 27.2 Å². The summed E-state index contributed by atoms with van der Waals surface area (Å²) in [7, 11) is 0.982. The average Bonchev–Trinajstić information content (AvgIpc) is 2.85. The predicted octanol–water partition coefficient (Wildman–Crippen LogP) is 7.26. The molecule has 0 aromatic heterocycles. The van der Waals surface area contributed by atoms with E-state index >= 15 is 4.39 Å². The molecule has 38 heavy (non-hydrogen) atoms. The zero-order chi connectivity index (χ0) is 27.8. The number of benzene rings is 3. The Morgan fingerprint density at radius 2 is 1.74 bits per heavy atom. The van der Waals surface area contributed by atoms with Gasteiger partial charge in [0.15, 0.2) is 24.5 Å². The third-order valence-corrected chi connectivity index (χ3v) is 6.37. The van der Waals surface area contributed by atoms with Gasteiger partial charge in [-0.15, -0.1) is 0 Å². The summed E-state index contributed by atoms with van der Waals surface area (Å²) in [6.45, 7) is -0.372. The molecule has 3 aromatic carbocycles. The largest absolute Gasteiger partial charge is 0.479 e. The molecule has 1 aliphatic heterocycles. The summed E-state index contributed by atoms with van der Waals surface area (Å²) in [5.74, 6) is -3.88. The van der Waals surface area contributed by atoms with Crippen molar-refractivity contribution in [2.45, 2.75) is 12.1 Å². The highest BCUT2D eigenvalue weighted by Crippen LogP contribution is 2.42. The van der Waals surface area contributed by atoms with Gasteiger partial charge in [0.2, 0.25) is 0 Å². The van der Waals surface area contributed by atoms with Gasteiger partial charge in [0, 0.05) is 16.7 Å². The van der Waals surface area contributed by atoms with Gasteiger partial charge in [0.05, 0.1) is 29.3 Å². The van der Waals surface area contributed by atoms with Crippen LogP contribution in [0.1, 0.15) is 26.3 Å². The standard InChI is InChI=1S/C24H14Cl2F5NO5S/c1-35-23(34)15-7-18(28)14(8-19(15)37-38-24(29,30)31)13-4-2-3-11-9-32(10-36-21(11)13)22(33)20-16(25)5-12(27)6-17(20)26/h2-8H,9-10H2,1H3. The van der Waals surface area contributed by atoms with Crippen LogP contribution in [-0.2, 0) is 11.3 Å². The lowest BCUT2D eigenvalue weighted by Crippen LogP contribution is -2.37. The Balaban J connectivity index is 1.70. The van der Waals surface area contributed by atoms with Crippen LogP contribution in [0.3, 0.4) is 0 Å². The smallest absolute Gasteiger partial charge is 0.472 e. The summed E-state index contributed by atoms with van der Waals surface area (Å²) in [6.07, 6.45) is 0. The maximum absolute atomic E-state index is 15.1. The molecule has 0 aliphatic carbocycles. The fraction of sp³-hybridized carbons (Fsp3) is 0.167. The molecule has 0 bridgehead atoms. The molecule has 200 valence electrons. The number of amides is 1. The highest BCUT2D eigenvalue weighted by molar-refractivity contribution is 7.95. The minimum atomic E-state index is -4.80. The number of rotatable bonds is 5. The number of fused-ring (bicyclic) bond motifs is 1. The minimum absolute atomic E-state index is 0.0405. The van der Waals surface area contributed by atoms with Gasteiger partial charge in [0.1, 0.15) is 22.9 Å². The fourth-order valence-corrected chi connectivity index (χ4v) is 4.66. The van der Waals surface area contributed by atoms with Crippen molar-refractivity contribution in [2.24, 2.45) is 0 Å². The lowest BCUT2D eigenvalue weighted by molar-refractivity contribution is -0.0370. The number of halogens is 7. The van der Waals surface area contributed by atoms with Crippen LogP contribution in [-0.4, -0.2) is 36.1 Å². The van der Waals surface area contributed by atoms with Gasteiger partial charge >= 0.3 is 11.5 Å². The number of para-hydroxylation sites is 1. The lowest BCUT2D eigenvalue weighted by Gasteiger charge is -2.31. The van der Waals surface area contributed by atoms with Crippen LogP contribution in [0.25, 0.3) is 11.1 Å². The molecular formula is C24H14Cl2F5NO5S. The Morgan fingerprint density at radius 1 is 1.05 bits per heavy atom. The van der Waals surface area contributed by atoms with Crippen molar-refractivity contribution < 1.29 is 45.2 Å². The molecule has 4 rings (SSSR count). The minimum Gasteiger partial charge on any atom is -0.472 e. The molecule has 1 aliphatic rings. The van der Waals surface area contributed by atoms with E-state index in [1.54, 1.807) is 6.07 Å². The van der Waals surface area contributed by atoms with Gasteiger partial charge < -0.3 is 18.6 Å². The Labute approximate surface area is 226 Å². The molecule has 0 unspecified atom stereocenters. The van der Waals surface area contributed by atoms with Crippen molar-refractivity contribution in [1.82, 2.24) is 4.90 Å². The van der Waals surface area contributed by atoms with E-state index in [2.05, 4.69) is 4.74 Å². The Hall–Kier alpha value is -3.22. The Bertz CT molecular complexity index is 1410. The van der Waals surface area contributed by atoms with Crippen LogP contribution < -0.4 is 8.92 Å². The second-order valence-corrected chi connectivity index (χ2v) is 9.36. The Morgan fingerprint density at radius 3 is 2.37 bits per heavy atom. The number of nitrogens with zero attached hydrogens (tertiary/aromatic N) is 1. The summed E-state index contributed by atoms with van der Waals surface area (Å²) in [6, 6.07) is 8.05. The van der Waals surface area contributed by atoms with E-state index in [1.165, 1.54) is 17.0 Å². The van der Waals surface area contributed by atoms with E-state index in [0.29, 0.717) is 11.6 Å². The van der Waals surface area contributed by atoms with Crippen molar-refractivity contribution in [1.29, 1.82) is 0 Å². The van der Waals surface area contributed by atoms with Crippen LogP contribution in [0, 0.1) is 11.6 Å². The van der Waals surface area contributed by atoms with Gasteiger partial charge in [-0.2, -0.15) is 13.2 Å². The monoisotopic (exact) mass is 593 g/mol. The zero-order valence-corrected chi connectivity index (χ0v) is 21.3. The number of esters is 1. The van der Waals surface area contributed by atoms with Gasteiger partial charge in [0.25, 0.3) is 5.91 Å². The number of alkyl halides is 3. The van der Waals surface area contributed by atoms with Gasteiger partial charge in [-0.25, -0.2) is 13.6 Å². The molecule has 14 heteroatoms. The average molecular weight is 594 g/mol. The maximum atomic E-state index is 15.1. The van der Waals surface area contributed by atoms with Gasteiger partial charge in [-0.1, -0.05) is 41.4 Å². The summed E-state index contributed by atoms with van der Waals surface area (Å²) in [5.41, 5.74) is -5.17. The first-order valence-corrected chi connectivity index (χ1v) is 11.9. The van der Waals surface area contributed by atoms with Crippen LogP contribution in [0.15, 0.2) is 42.5 Å². The molecule has 0 atom stereocenters. The van der Waals surface area contributed by atoms with Crippen molar-refractivity contribution in [2.75, 3.05) is 13.8 Å². The third kappa shape index (κ3) is 5.77. The van der Waals surface area contributed by atoms with Crippen molar-refractivity contribution in [3.8, 4) is 22.6 Å². The summed E-state index contributed by atoms with van der Waals surface area (Å²) >= 11 is 11.2. The highest BCUT2D eigenvalue weighted by Gasteiger charge is 2.33. The topological polar surface area (TPSA) is 65.1 Å². The molecule has 0 radical (unpaired) electrons. The molecule has 0 saturated carbocycles. The normalized spacial score (nSPS) is 13.0. The number of methoxy groups -OCH3 is 1. The van der Waals surface area contributed by atoms with Crippen molar-refractivity contribution in [3.63, 3.8) is 0 Å². The second-order valence-electron chi connectivity index (χ2n) is 7.75. The number of carbonyl (C=O) groups is 2. The SMILES string of the molecule is COC(=O)c1cc(F)c(-c2cccc3c2OCN(C(=O)c2c(Cl)cc(F)cc2Cl)C3)cc1OSC(F)(F)F. The van der Waals surface area contributed by atoms with Crippen LogP contribution >= 0.6 is 35.2 Å². The lowest BCUT2D eigenvalue weighted by atomic mass is 9.98. The highest BCUT2D eigenvalue weighted by atomic mass is 35.5. The van der Waals surface area contributed by atoms with E-state index in [0.717, 1.165) is 25.3 Å². The zero-order valence-electron chi connectivity index (χ0n) is 19.0. The van der Waals surface area contributed by atoms with E-state index in [1.807, 2.05) is 0 Å². The summed E-state index contributed by atoms with van der Waals surface area (Å²) < 4.78 is 81.8. The van der Waals surface area contributed by atoms with Crippen LogP contribution in [0.5, 0.6) is 11.5 Å². The maximum Gasteiger partial charge on any atom is 0.479 e. The fourth-order valence-electron chi connectivity index (χ4n) is 3.71. The van der Waals surface area contributed by atoms with E-state index in [-0.39, 0.29) is 45.8 Å². The summed E-state index contributed by atoms with van der Waals surface area (Å²) in [4.78, 5) is 26.3. The van der Waals surface area contributed by atoms with Gasteiger partial charge in [-0.3, -0.25) is 4.79 Å². The number of ether oxygens (including phenoxy) is 2. The molecule has 1 heterocycles. The first kappa shape index (κ1) is 27.8. The Kier molecular flexibility index (Phi) is 7.96. The van der Waals surface area contributed by atoms with Crippen molar-refractivity contribution in [3.05, 3.63) is 80.8 Å². The van der Waals surface area contributed by atoms with E-state index < -0.39 is 52.4 Å². The first-order chi connectivity index (χ1) is 17.9. The van der Waals surface area contributed by atoms with Crippen molar-refractivity contribution >= 4 is 47.1 Å². The molecule has 1 amide bonds. The summed E-state index contributed by atoms with van der Waals surface area (Å²) in [5, 5.41) is -0.395. The molecule has 0 spiro atoms. The third-order valence-electron chi connectivity index (χ3n) is 5.32. The van der Waals surface area contributed by atoms with Gasteiger partial charge in [-0.05, 0) is 24.3 Å². The molecule has 6 nitrogen and oxygen atoms in total. The quantitative estimate of drug-likeness (QED) is 0.176. The predicted molar refractivity (Wildman–Crippen MR) is 129 cm³/mol. The number of hydrogen-bond acceptors (Lipinski definition) is 6. The molecule has 3 aromatic rings. The first-order valence-electron chi connectivity index (χ1n) is 10.4. The van der Waals surface area contributed by atoms with Crippen LogP contribution in [0.4, 0.5) is 22.0 Å². The molecule has 0 saturated heterocycles. The molecule has 0 N–H and O–H groups in total. The number of hydrogen-bond donors (Lipinski definition) is 0. The van der Waals surface area contributed by atoms with Crippen LogP contribution in [0.2, 0.25) is 10.0 Å². The van der Waals surface area contributed by atoms with E-state index in [4.69, 9.17) is 32.1 Å². The molecular weight excluding hydrogens is 580 g/mol. The second kappa shape index (κ2) is 10.9. The number of carbonyl (C=O) groups excluding carboxylic acids is 2. The molecule has 0 fully saturated rings.